The fourth-order valence-electron chi connectivity index (χ4n) is 1.40. The molecule has 2 rings (SSSR count). The standard InChI is InChI=1S/C12H17N7S/c1-4-11-15-9(7-13-17-11)10-8-14-18-12(16-10)20-6-5-19(2)3/h7-8H,4-6H2,1-3H3. The van der Waals surface area contributed by atoms with Crippen molar-refractivity contribution in [1.82, 2.24) is 35.3 Å². The Morgan fingerprint density at radius 3 is 2.45 bits per heavy atom. The van der Waals surface area contributed by atoms with Crippen LogP contribution in [0.1, 0.15) is 12.7 Å². The third kappa shape index (κ3) is 4.17. The van der Waals surface area contributed by atoms with E-state index in [-0.39, 0.29) is 0 Å². The third-order valence-electron chi connectivity index (χ3n) is 2.49. The summed E-state index contributed by atoms with van der Waals surface area (Å²) in [6.45, 7) is 2.95. The molecule has 0 fully saturated rings. The Hall–Kier alpha value is -1.67. The molecule has 0 N–H and O–H groups in total. The predicted octanol–water partition coefficient (Wildman–Crippen LogP) is 0.940. The summed E-state index contributed by atoms with van der Waals surface area (Å²) in [5.74, 6) is 1.61. The molecule has 7 nitrogen and oxygen atoms in total. The van der Waals surface area contributed by atoms with E-state index in [9.17, 15) is 0 Å². The largest absolute Gasteiger partial charge is 0.309 e. The van der Waals surface area contributed by atoms with E-state index in [0.29, 0.717) is 22.4 Å². The molecule has 2 heterocycles. The monoisotopic (exact) mass is 291 g/mol. The Morgan fingerprint density at radius 1 is 1.05 bits per heavy atom. The molecular formula is C12H17N7S. The fraction of sp³-hybridized carbons (Fsp3) is 0.500. The zero-order valence-electron chi connectivity index (χ0n) is 11.8. The Balaban J connectivity index is 2.12. The van der Waals surface area contributed by atoms with E-state index in [1.165, 1.54) is 0 Å². The number of aromatic nitrogens is 6. The van der Waals surface area contributed by atoms with E-state index >= 15 is 0 Å². The van der Waals surface area contributed by atoms with Crippen LogP contribution in [-0.2, 0) is 6.42 Å². The van der Waals surface area contributed by atoms with Gasteiger partial charge in [-0.2, -0.15) is 10.2 Å². The molecule has 0 atom stereocenters. The molecule has 0 aromatic carbocycles. The molecule has 0 saturated carbocycles. The first-order valence-corrected chi connectivity index (χ1v) is 7.34. The van der Waals surface area contributed by atoms with E-state index in [4.69, 9.17) is 0 Å². The molecule has 0 aliphatic carbocycles. The van der Waals surface area contributed by atoms with Crippen LogP contribution in [0.15, 0.2) is 17.6 Å². The fourth-order valence-corrected chi connectivity index (χ4v) is 2.31. The summed E-state index contributed by atoms with van der Waals surface area (Å²) in [4.78, 5) is 11.0. The third-order valence-corrected chi connectivity index (χ3v) is 3.31. The van der Waals surface area contributed by atoms with Gasteiger partial charge in [0.25, 0.3) is 0 Å². The second-order valence-corrected chi connectivity index (χ2v) is 5.45. The van der Waals surface area contributed by atoms with Gasteiger partial charge in [0, 0.05) is 18.7 Å². The number of thioether (sulfide) groups is 1. The van der Waals surface area contributed by atoms with Gasteiger partial charge in [-0.25, -0.2) is 9.97 Å². The van der Waals surface area contributed by atoms with Crippen molar-refractivity contribution in [3.05, 3.63) is 18.2 Å². The number of rotatable bonds is 6. The topological polar surface area (TPSA) is 80.6 Å². The van der Waals surface area contributed by atoms with Crippen LogP contribution in [0.4, 0.5) is 0 Å². The van der Waals surface area contributed by atoms with Gasteiger partial charge in [0.2, 0.25) is 5.16 Å². The van der Waals surface area contributed by atoms with Gasteiger partial charge in [0.15, 0.2) is 5.82 Å². The summed E-state index contributed by atoms with van der Waals surface area (Å²) in [7, 11) is 4.07. The van der Waals surface area contributed by atoms with Crippen LogP contribution >= 0.6 is 11.8 Å². The first-order valence-electron chi connectivity index (χ1n) is 6.35. The zero-order chi connectivity index (χ0) is 14.4. The Bertz CT molecular complexity index is 561. The van der Waals surface area contributed by atoms with E-state index < -0.39 is 0 Å². The lowest BCUT2D eigenvalue weighted by Gasteiger charge is -2.07. The molecule has 2 aromatic rings. The molecule has 106 valence electrons. The van der Waals surface area contributed by atoms with Gasteiger partial charge in [-0.1, -0.05) is 18.7 Å². The molecule has 0 amide bonds. The van der Waals surface area contributed by atoms with Crippen LogP contribution in [0.3, 0.4) is 0 Å². The molecule has 0 aliphatic rings. The maximum absolute atomic E-state index is 4.46. The van der Waals surface area contributed by atoms with E-state index in [1.54, 1.807) is 24.2 Å². The summed E-state index contributed by atoms with van der Waals surface area (Å²) in [6.07, 6.45) is 3.93. The molecule has 0 spiro atoms. The SMILES string of the molecule is CCc1nncc(-c2cnnc(SCCN(C)C)n2)n1. The van der Waals surface area contributed by atoms with Crippen molar-refractivity contribution in [2.45, 2.75) is 18.5 Å². The highest BCUT2D eigenvalue weighted by Crippen LogP contribution is 2.16. The van der Waals surface area contributed by atoms with E-state index in [0.717, 1.165) is 18.7 Å². The minimum absolute atomic E-state index is 0.654. The van der Waals surface area contributed by atoms with Crippen molar-refractivity contribution in [3.8, 4) is 11.4 Å². The minimum Gasteiger partial charge on any atom is -0.309 e. The van der Waals surface area contributed by atoms with Gasteiger partial charge in [-0.15, -0.1) is 10.2 Å². The molecule has 2 aromatic heterocycles. The number of nitrogens with zero attached hydrogens (tertiary/aromatic N) is 7. The van der Waals surface area contributed by atoms with Crippen LogP contribution < -0.4 is 0 Å². The summed E-state index contributed by atoms with van der Waals surface area (Å²) < 4.78 is 0. The van der Waals surface area contributed by atoms with Gasteiger partial charge in [0.1, 0.15) is 11.4 Å². The first kappa shape index (κ1) is 14.7. The van der Waals surface area contributed by atoms with Crippen LogP contribution in [0, 0.1) is 0 Å². The minimum atomic E-state index is 0.654. The highest BCUT2D eigenvalue weighted by molar-refractivity contribution is 7.99. The second kappa shape index (κ2) is 7.20. The number of hydrogen-bond acceptors (Lipinski definition) is 8. The summed E-state index contributed by atoms with van der Waals surface area (Å²) >= 11 is 1.58. The number of hydrogen-bond donors (Lipinski definition) is 0. The van der Waals surface area contributed by atoms with Gasteiger partial charge in [-0.3, -0.25) is 0 Å². The Morgan fingerprint density at radius 2 is 1.75 bits per heavy atom. The van der Waals surface area contributed by atoms with Crippen LogP contribution in [0.2, 0.25) is 0 Å². The summed E-state index contributed by atoms with van der Waals surface area (Å²) in [5, 5.41) is 16.5. The van der Waals surface area contributed by atoms with Gasteiger partial charge < -0.3 is 4.90 Å². The average Bonchev–Trinajstić information content (AvgIpc) is 2.47. The second-order valence-electron chi connectivity index (χ2n) is 4.39. The highest BCUT2D eigenvalue weighted by atomic mass is 32.2. The lowest BCUT2D eigenvalue weighted by molar-refractivity contribution is 0.437. The first-order chi connectivity index (χ1) is 9.69. The van der Waals surface area contributed by atoms with E-state index in [2.05, 4.69) is 35.3 Å². The van der Waals surface area contributed by atoms with Crippen LogP contribution in [0.5, 0.6) is 0 Å². The van der Waals surface area contributed by atoms with Crippen molar-refractivity contribution in [2.24, 2.45) is 0 Å². The lowest BCUT2D eigenvalue weighted by atomic mass is 10.3. The number of aryl methyl sites for hydroxylation is 1. The molecule has 8 heteroatoms. The van der Waals surface area contributed by atoms with Crippen molar-refractivity contribution >= 4 is 11.8 Å². The van der Waals surface area contributed by atoms with Crippen molar-refractivity contribution in [1.29, 1.82) is 0 Å². The Labute approximate surface area is 122 Å². The van der Waals surface area contributed by atoms with E-state index in [1.807, 2.05) is 21.0 Å². The molecule has 0 bridgehead atoms. The van der Waals surface area contributed by atoms with Crippen LogP contribution in [0.25, 0.3) is 11.4 Å². The normalized spacial score (nSPS) is 11.0. The smallest absolute Gasteiger partial charge is 0.209 e. The Kier molecular flexibility index (Phi) is 5.31. The zero-order valence-corrected chi connectivity index (χ0v) is 12.6. The average molecular weight is 291 g/mol. The lowest BCUT2D eigenvalue weighted by Crippen LogP contribution is -2.15. The van der Waals surface area contributed by atoms with Crippen molar-refractivity contribution in [3.63, 3.8) is 0 Å². The van der Waals surface area contributed by atoms with Crippen molar-refractivity contribution < 1.29 is 0 Å². The maximum Gasteiger partial charge on any atom is 0.209 e. The molecule has 0 saturated heterocycles. The summed E-state index contributed by atoms with van der Waals surface area (Å²) in [5.41, 5.74) is 1.36. The summed E-state index contributed by atoms with van der Waals surface area (Å²) in [6, 6.07) is 0. The van der Waals surface area contributed by atoms with Gasteiger partial charge in [-0.05, 0) is 14.1 Å². The molecule has 0 radical (unpaired) electrons. The molecule has 20 heavy (non-hydrogen) atoms. The van der Waals surface area contributed by atoms with Crippen molar-refractivity contribution in [2.75, 3.05) is 26.4 Å². The predicted molar refractivity (Wildman–Crippen MR) is 77.3 cm³/mol. The van der Waals surface area contributed by atoms with Gasteiger partial charge >= 0.3 is 0 Å². The molecular weight excluding hydrogens is 274 g/mol. The highest BCUT2D eigenvalue weighted by Gasteiger charge is 2.07. The van der Waals surface area contributed by atoms with Gasteiger partial charge in [0.05, 0.1) is 12.4 Å². The molecule has 0 unspecified atom stereocenters. The quantitative estimate of drug-likeness (QED) is 0.727. The maximum atomic E-state index is 4.46. The molecule has 0 aliphatic heterocycles. The van der Waals surface area contributed by atoms with Crippen LogP contribution in [-0.4, -0.2) is 61.7 Å².